The maximum atomic E-state index is 12.4. The summed E-state index contributed by atoms with van der Waals surface area (Å²) in [7, 11) is -3.69. The van der Waals surface area contributed by atoms with Crippen molar-refractivity contribution in [3.8, 4) is 0 Å². The number of nitrogen functional groups attached to an aromatic ring is 1. The van der Waals surface area contributed by atoms with E-state index in [1.807, 2.05) is 0 Å². The Labute approximate surface area is 129 Å². The van der Waals surface area contributed by atoms with Gasteiger partial charge in [-0.25, -0.2) is 13.1 Å². The van der Waals surface area contributed by atoms with Crippen molar-refractivity contribution < 1.29 is 8.42 Å². The maximum Gasteiger partial charge on any atom is 0.243 e. The molecule has 0 radical (unpaired) electrons. The lowest BCUT2D eigenvalue weighted by atomic mass is 10.1. The average molecular weight is 326 g/mol. The molecule has 0 heterocycles. The summed E-state index contributed by atoms with van der Waals surface area (Å²) in [5.74, 6) is 5.35. The van der Waals surface area contributed by atoms with E-state index in [-0.39, 0.29) is 4.90 Å². The third-order valence-electron chi connectivity index (χ3n) is 3.03. The molecule has 2 rings (SSSR count). The highest BCUT2D eigenvalue weighted by molar-refractivity contribution is 7.89. The minimum atomic E-state index is -3.69. The zero-order valence-electron chi connectivity index (χ0n) is 11.4. The summed E-state index contributed by atoms with van der Waals surface area (Å²) in [4.78, 5) is 0.105. The van der Waals surface area contributed by atoms with Gasteiger partial charge in [-0.15, -0.1) is 0 Å². The first-order valence-electron chi connectivity index (χ1n) is 6.27. The van der Waals surface area contributed by atoms with Crippen molar-refractivity contribution in [2.45, 2.75) is 17.9 Å². The van der Waals surface area contributed by atoms with E-state index in [0.29, 0.717) is 10.7 Å². The lowest BCUT2D eigenvalue weighted by Gasteiger charge is -2.16. The van der Waals surface area contributed by atoms with Crippen molar-refractivity contribution >= 4 is 27.3 Å². The van der Waals surface area contributed by atoms with Gasteiger partial charge in [0.05, 0.1) is 5.69 Å². The number of hydrazine groups is 1. The van der Waals surface area contributed by atoms with E-state index in [1.54, 1.807) is 49.4 Å². The van der Waals surface area contributed by atoms with Crippen LogP contribution in [0.5, 0.6) is 0 Å². The summed E-state index contributed by atoms with van der Waals surface area (Å²) in [6.07, 6.45) is 0. The van der Waals surface area contributed by atoms with Gasteiger partial charge in [-0.2, -0.15) is 0 Å². The fourth-order valence-corrected chi connectivity index (χ4v) is 3.46. The number of para-hydroxylation sites is 1. The summed E-state index contributed by atoms with van der Waals surface area (Å²) in [5, 5.41) is 0.603. The quantitative estimate of drug-likeness (QED) is 0.583. The van der Waals surface area contributed by atoms with Crippen LogP contribution < -0.4 is 16.0 Å². The van der Waals surface area contributed by atoms with Gasteiger partial charge in [-0.1, -0.05) is 35.9 Å². The van der Waals surface area contributed by atoms with Gasteiger partial charge >= 0.3 is 0 Å². The Hall–Kier alpha value is -1.60. The summed E-state index contributed by atoms with van der Waals surface area (Å²) in [6, 6.07) is 13.0. The molecule has 0 spiro atoms. The van der Waals surface area contributed by atoms with Crippen LogP contribution in [-0.4, -0.2) is 8.42 Å². The number of nitrogens with one attached hydrogen (secondary N) is 2. The number of nitrogens with two attached hydrogens (primary N) is 1. The molecule has 7 heteroatoms. The monoisotopic (exact) mass is 325 g/mol. The molecule has 0 saturated carbocycles. The van der Waals surface area contributed by atoms with Crippen LogP contribution in [-0.2, 0) is 10.0 Å². The Kier molecular flexibility index (Phi) is 4.84. The SMILES string of the molecule is CC(NS(=O)(=O)c1ccccc1NN)c1ccc(Cl)cc1. The molecule has 0 aliphatic heterocycles. The number of anilines is 1. The van der Waals surface area contributed by atoms with Crippen LogP contribution >= 0.6 is 11.6 Å². The molecule has 1 unspecified atom stereocenters. The number of sulfonamides is 1. The maximum absolute atomic E-state index is 12.4. The second-order valence-electron chi connectivity index (χ2n) is 4.54. The highest BCUT2D eigenvalue weighted by Crippen LogP contribution is 2.23. The van der Waals surface area contributed by atoms with E-state index >= 15 is 0 Å². The summed E-state index contributed by atoms with van der Waals surface area (Å²) in [5.41, 5.74) is 3.55. The Bertz CT molecular complexity index is 717. The number of rotatable bonds is 5. The molecule has 0 fully saturated rings. The first-order valence-corrected chi connectivity index (χ1v) is 8.13. The Morgan fingerprint density at radius 1 is 1.10 bits per heavy atom. The molecule has 5 nitrogen and oxygen atoms in total. The molecule has 2 aromatic carbocycles. The van der Waals surface area contributed by atoms with Gasteiger partial charge in [0.2, 0.25) is 10.0 Å². The molecule has 21 heavy (non-hydrogen) atoms. The van der Waals surface area contributed by atoms with E-state index in [2.05, 4.69) is 10.1 Å². The molecular formula is C14H16ClN3O2S. The standard InChI is InChI=1S/C14H16ClN3O2S/c1-10(11-6-8-12(15)9-7-11)18-21(19,20)14-5-3-2-4-13(14)17-16/h2-10,17-18H,16H2,1H3. The molecule has 4 N–H and O–H groups in total. The molecule has 0 aromatic heterocycles. The van der Waals surface area contributed by atoms with Crippen molar-refractivity contribution in [1.29, 1.82) is 0 Å². The van der Waals surface area contributed by atoms with Crippen molar-refractivity contribution in [3.63, 3.8) is 0 Å². The molecular weight excluding hydrogens is 310 g/mol. The van der Waals surface area contributed by atoms with Crippen LogP contribution in [0.25, 0.3) is 0 Å². The first-order chi connectivity index (χ1) is 9.94. The van der Waals surface area contributed by atoms with Crippen LogP contribution in [0, 0.1) is 0 Å². The smallest absolute Gasteiger partial charge is 0.243 e. The predicted molar refractivity (Wildman–Crippen MR) is 84.4 cm³/mol. The second kappa shape index (κ2) is 6.44. The Morgan fingerprint density at radius 3 is 2.33 bits per heavy atom. The van der Waals surface area contributed by atoms with Crippen LogP contribution in [0.3, 0.4) is 0 Å². The minimum absolute atomic E-state index is 0.105. The van der Waals surface area contributed by atoms with Gasteiger partial charge in [-0.3, -0.25) is 5.84 Å². The van der Waals surface area contributed by atoms with Crippen LogP contribution in [0.1, 0.15) is 18.5 Å². The van der Waals surface area contributed by atoms with E-state index in [4.69, 9.17) is 17.4 Å². The van der Waals surface area contributed by atoms with E-state index < -0.39 is 16.1 Å². The van der Waals surface area contributed by atoms with Crippen molar-refractivity contribution in [1.82, 2.24) is 4.72 Å². The molecule has 112 valence electrons. The summed E-state index contributed by atoms with van der Waals surface area (Å²) < 4.78 is 27.5. The predicted octanol–water partition coefficient (Wildman–Crippen LogP) is 2.67. The fraction of sp³-hybridized carbons (Fsp3) is 0.143. The van der Waals surface area contributed by atoms with E-state index in [1.165, 1.54) is 6.07 Å². The van der Waals surface area contributed by atoms with Gasteiger partial charge in [0.1, 0.15) is 4.90 Å². The zero-order chi connectivity index (χ0) is 15.5. The van der Waals surface area contributed by atoms with Gasteiger partial charge < -0.3 is 5.43 Å². The lowest BCUT2D eigenvalue weighted by molar-refractivity contribution is 0.567. The van der Waals surface area contributed by atoms with Gasteiger partial charge in [-0.05, 0) is 36.8 Å². The molecule has 0 aliphatic rings. The zero-order valence-corrected chi connectivity index (χ0v) is 12.9. The van der Waals surface area contributed by atoms with Gasteiger partial charge in [0, 0.05) is 11.1 Å². The number of hydrogen-bond donors (Lipinski definition) is 3. The second-order valence-corrected chi connectivity index (χ2v) is 6.65. The Morgan fingerprint density at radius 2 is 1.71 bits per heavy atom. The normalized spacial score (nSPS) is 12.9. The largest absolute Gasteiger partial charge is 0.323 e. The minimum Gasteiger partial charge on any atom is -0.323 e. The fourth-order valence-electron chi connectivity index (χ4n) is 1.94. The summed E-state index contributed by atoms with van der Waals surface area (Å²) in [6.45, 7) is 1.76. The highest BCUT2D eigenvalue weighted by atomic mass is 35.5. The molecule has 0 amide bonds. The van der Waals surface area contributed by atoms with Crippen LogP contribution in [0.4, 0.5) is 5.69 Å². The highest BCUT2D eigenvalue weighted by Gasteiger charge is 2.21. The van der Waals surface area contributed by atoms with Crippen molar-refractivity contribution in [2.24, 2.45) is 5.84 Å². The van der Waals surface area contributed by atoms with Crippen molar-refractivity contribution in [3.05, 3.63) is 59.1 Å². The lowest BCUT2D eigenvalue weighted by Crippen LogP contribution is -2.28. The van der Waals surface area contributed by atoms with Crippen LogP contribution in [0.2, 0.25) is 5.02 Å². The molecule has 0 bridgehead atoms. The van der Waals surface area contributed by atoms with E-state index in [9.17, 15) is 8.42 Å². The number of hydrogen-bond acceptors (Lipinski definition) is 4. The molecule has 2 aromatic rings. The van der Waals surface area contributed by atoms with E-state index in [0.717, 1.165) is 5.56 Å². The van der Waals surface area contributed by atoms with Gasteiger partial charge in [0.25, 0.3) is 0 Å². The molecule has 0 saturated heterocycles. The number of halogens is 1. The molecule has 0 aliphatic carbocycles. The van der Waals surface area contributed by atoms with Gasteiger partial charge in [0.15, 0.2) is 0 Å². The topological polar surface area (TPSA) is 84.2 Å². The van der Waals surface area contributed by atoms with Crippen LogP contribution in [0.15, 0.2) is 53.4 Å². The molecule has 1 atom stereocenters. The first kappa shape index (κ1) is 15.8. The summed E-state index contributed by atoms with van der Waals surface area (Å²) >= 11 is 5.82. The average Bonchev–Trinajstić information content (AvgIpc) is 2.47. The number of benzene rings is 2. The Balaban J connectivity index is 2.26. The van der Waals surface area contributed by atoms with Crippen molar-refractivity contribution in [2.75, 3.05) is 5.43 Å². The third kappa shape index (κ3) is 3.74. The third-order valence-corrected chi connectivity index (χ3v) is 4.88.